The second-order valence-corrected chi connectivity index (χ2v) is 10.5. The summed E-state index contributed by atoms with van der Waals surface area (Å²) in [6, 6.07) is 19.6. The average Bonchev–Trinajstić information content (AvgIpc) is 3.60. The van der Waals surface area contributed by atoms with Crippen LogP contribution in [0.15, 0.2) is 82.1 Å². The lowest BCUT2D eigenvalue weighted by Gasteiger charge is -2.26. The van der Waals surface area contributed by atoms with E-state index in [1.54, 1.807) is 29.7 Å². The lowest BCUT2D eigenvalue weighted by atomic mass is 9.93. The van der Waals surface area contributed by atoms with Gasteiger partial charge < -0.3 is 23.7 Å². The topological polar surface area (TPSA) is 97.6 Å². The van der Waals surface area contributed by atoms with E-state index in [-0.39, 0.29) is 24.5 Å². The van der Waals surface area contributed by atoms with Gasteiger partial charge in [0.1, 0.15) is 13.2 Å². The van der Waals surface area contributed by atoms with E-state index in [0.29, 0.717) is 56.8 Å². The van der Waals surface area contributed by atoms with Crippen LogP contribution < -0.4 is 33.8 Å². The molecule has 9 nitrogen and oxygen atoms in total. The number of ether oxygens (including phenoxy) is 5. The summed E-state index contributed by atoms with van der Waals surface area (Å²) < 4.78 is 30.1. The number of thiazole rings is 1. The molecule has 3 aliphatic rings. The third-order valence-electron chi connectivity index (χ3n) is 6.95. The van der Waals surface area contributed by atoms with Crippen LogP contribution in [0.2, 0.25) is 0 Å². The Morgan fingerprint density at radius 1 is 0.976 bits per heavy atom. The predicted octanol–water partition coefficient (Wildman–Crippen LogP) is 3.44. The van der Waals surface area contributed by atoms with Crippen LogP contribution >= 0.6 is 11.3 Å². The Bertz CT molecular complexity index is 1890. The maximum Gasteiger partial charge on any atom is 0.338 e. The zero-order valence-corrected chi connectivity index (χ0v) is 22.8. The fourth-order valence-electron chi connectivity index (χ4n) is 5.14. The number of hydrogen-bond donors (Lipinski definition) is 0. The second-order valence-electron chi connectivity index (χ2n) is 9.45. The first-order valence-electron chi connectivity index (χ1n) is 13.2. The summed E-state index contributed by atoms with van der Waals surface area (Å²) in [5.41, 5.74) is 2.65. The SMILES string of the molecule is CCOC(=O)C1=C(c2ccccc2)N=c2s/c(=C\c3ccc4c(c3)OCCO4)c(=O)n2C1c1ccc2c(c1)OCO2. The smallest absolute Gasteiger partial charge is 0.338 e. The van der Waals surface area contributed by atoms with Crippen molar-refractivity contribution in [2.45, 2.75) is 13.0 Å². The van der Waals surface area contributed by atoms with E-state index in [4.69, 9.17) is 28.7 Å². The number of nitrogens with zero attached hydrogens (tertiary/aromatic N) is 2. The Morgan fingerprint density at radius 2 is 1.71 bits per heavy atom. The Hall–Kier alpha value is -4.83. The van der Waals surface area contributed by atoms with Crippen molar-refractivity contribution in [1.29, 1.82) is 0 Å². The van der Waals surface area contributed by atoms with E-state index < -0.39 is 12.0 Å². The number of aromatic nitrogens is 1. The van der Waals surface area contributed by atoms with Crippen molar-refractivity contribution in [2.75, 3.05) is 26.6 Å². The highest BCUT2D eigenvalue weighted by Gasteiger charge is 2.36. The number of fused-ring (bicyclic) bond motifs is 3. The number of carbonyl (C=O) groups excluding carboxylic acids is 1. The molecule has 0 fully saturated rings. The van der Waals surface area contributed by atoms with Gasteiger partial charge in [-0.25, -0.2) is 9.79 Å². The van der Waals surface area contributed by atoms with Gasteiger partial charge in [-0.1, -0.05) is 53.8 Å². The van der Waals surface area contributed by atoms with Crippen molar-refractivity contribution in [2.24, 2.45) is 4.99 Å². The third kappa shape index (κ3) is 4.46. The minimum atomic E-state index is -0.808. The van der Waals surface area contributed by atoms with Gasteiger partial charge in [-0.3, -0.25) is 9.36 Å². The maximum absolute atomic E-state index is 14.1. The molecule has 0 aliphatic carbocycles. The lowest BCUT2D eigenvalue weighted by molar-refractivity contribution is -0.138. The molecule has 1 unspecified atom stereocenters. The van der Waals surface area contributed by atoms with Crippen molar-refractivity contribution in [1.82, 2.24) is 4.57 Å². The molecule has 206 valence electrons. The molecule has 4 heterocycles. The molecule has 10 heteroatoms. The molecule has 0 saturated carbocycles. The summed E-state index contributed by atoms with van der Waals surface area (Å²) in [5.74, 6) is 1.90. The molecule has 1 atom stereocenters. The normalized spacial score (nSPS) is 17.2. The van der Waals surface area contributed by atoms with Gasteiger partial charge in [-0.15, -0.1) is 0 Å². The molecule has 1 aromatic heterocycles. The summed E-state index contributed by atoms with van der Waals surface area (Å²) in [4.78, 5) is 33.0. The molecule has 4 aromatic rings. The number of benzene rings is 3. The molecule has 41 heavy (non-hydrogen) atoms. The van der Waals surface area contributed by atoms with Gasteiger partial charge in [0.05, 0.1) is 28.5 Å². The molecule has 0 bridgehead atoms. The Kier molecular flexibility index (Phi) is 6.31. The molecule has 0 amide bonds. The summed E-state index contributed by atoms with van der Waals surface area (Å²) >= 11 is 1.26. The summed E-state index contributed by atoms with van der Waals surface area (Å²) in [6.07, 6.45) is 1.80. The zero-order valence-electron chi connectivity index (χ0n) is 22.0. The van der Waals surface area contributed by atoms with Gasteiger partial charge in [0.25, 0.3) is 5.56 Å². The molecule has 7 rings (SSSR count). The van der Waals surface area contributed by atoms with E-state index in [9.17, 15) is 9.59 Å². The van der Waals surface area contributed by atoms with Gasteiger partial charge in [0.15, 0.2) is 27.8 Å². The summed E-state index contributed by atoms with van der Waals surface area (Å²) in [7, 11) is 0. The van der Waals surface area contributed by atoms with E-state index >= 15 is 0 Å². The van der Waals surface area contributed by atoms with Crippen LogP contribution in [0, 0.1) is 0 Å². The minimum Gasteiger partial charge on any atom is -0.486 e. The Morgan fingerprint density at radius 3 is 2.54 bits per heavy atom. The predicted molar refractivity (Wildman–Crippen MR) is 151 cm³/mol. The van der Waals surface area contributed by atoms with Crippen molar-refractivity contribution in [3.8, 4) is 23.0 Å². The maximum atomic E-state index is 14.1. The standard InChI is InChI=1S/C31H24N2O7S/c1-2-36-30(35)26-27(19-6-4-3-5-7-19)32-31-33(28(26)20-9-11-22-24(16-20)40-17-39-22)29(34)25(41-31)15-18-8-10-21-23(14-18)38-13-12-37-21/h3-11,14-16,28H,2,12-13,17H2,1H3/b25-15-. The van der Waals surface area contributed by atoms with Gasteiger partial charge >= 0.3 is 5.97 Å². The summed E-state index contributed by atoms with van der Waals surface area (Å²) in [5, 5.41) is 0. The minimum absolute atomic E-state index is 0.104. The number of hydrogen-bond acceptors (Lipinski definition) is 9. The zero-order chi connectivity index (χ0) is 27.9. The van der Waals surface area contributed by atoms with Crippen LogP contribution in [-0.4, -0.2) is 37.1 Å². The van der Waals surface area contributed by atoms with Gasteiger partial charge in [0, 0.05) is 5.56 Å². The molecular formula is C31H24N2O7S. The van der Waals surface area contributed by atoms with E-state index in [1.165, 1.54) is 11.3 Å². The number of rotatable bonds is 5. The van der Waals surface area contributed by atoms with Gasteiger partial charge in [0.2, 0.25) is 6.79 Å². The van der Waals surface area contributed by atoms with Crippen LogP contribution in [0.3, 0.4) is 0 Å². The van der Waals surface area contributed by atoms with Crippen LogP contribution in [0.4, 0.5) is 0 Å². The Balaban J connectivity index is 1.47. The van der Waals surface area contributed by atoms with Crippen molar-refractivity contribution in [3.05, 3.63) is 109 Å². The fraction of sp³-hybridized carbons (Fsp3) is 0.194. The van der Waals surface area contributed by atoms with E-state index in [2.05, 4.69) is 0 Å². The fourth-order valence-corrected chi connectivity index (χ4v) is 6.14. The van der Waals surface area contributed by atoms with Crippen LogP contribution in [-0.2, 0) is 9.53 Å². The third-order valence-corrected chi connectivity index (χ3v) is 7.93. The van der Waals surface area contributed by atoms with E-state index in [1.807, 2.05) is 54.6 Å². The highest BCUT2D eigenvalue weighted by molar-refractivity contribution is 7.07. The van der Waals surface area contributed by atoms with Crippen LogP contribution in [0.1, 0.15) is 29.7 Å². The largest absolute Gasteiger partial charge is 0.486 e. The first-order chi connectivity index (χ1) is 20.1. The molecule has 0 spiro atoms. The van der Waals surface area contributed by atoms with E-state index in [0.717, 1.165) is 11.1 Å². The highest BCUT2D eigenvalue weighted by Crippen LogP contribution is 2.40. The number of carbonyl (C=O) groups is 1. The molecule has 0 radical (unpaired) electrons. The lowest BCUT2D eigenvalue weighted by Crippen LogP contribution is -2.40. The molecule has 3 aromatic carbocycles. The molecule has 0 N–H and O–H groups in total. The average molecular weight is 569 g/mol. The number of esters is 1. The molecule has 0 saturated heterocycles. The van der Waals surface area contributed by atoms with Crippen LogP contribution in [0.25, 0.3) is 11.8 Å². The Labute approximate surface area is 238 Å². The second kappa shape index (κ2) is 10.3. The first-order valence-corrected chi connectivity index (χ1v) is 14.0. The van der Waals surface area contributed by atoms with Crippen molar-refractivity contribution >= 4 is 29.1 Å². The van der Waals surface area contributed by atoms with Crippen molar-refractivity contribution in [3.63, 3.8) is 0 Å². The quantitative estimate of drug-likeness (QED) is 0.340. The molecular weight excluding hydrogens is 544 g/mol. The molecule has 3 aliphatic heterocycles. The van der Waals surface area contributed by atoms with Gasteiger partial charge in [-0.2, -0.15) is 0 Å². The van der Waals surface area contributed by atoms with Crippen molar-refractivity contribution < 1.29 is 28.5 Å². The first kappa shape index (κ1) is 25.2. The van der Waals surface area contributed by atoms with Gasteiger partial charge in [-0.05, 0) is 48.4 Å². The summed E-state index contributed by atoms with van der Waals surface area (Å²) in [6.45, 7) is 2.99. The monoisotopic (exact) mass is 568 g/mol. The van der Waals surface area contributed by atoms with Crippen LogP contribution in [0.5, 0.6) is 23.0 Å². The highest BCUT2D eigenvalue weighted by atomic mass is 32.1.